The Morgan fingerprint density at radius 3 is 3.04 bits per heavy atom. The molecule has 1 N–H and O–H groups in total. The summed E-state index contributed by atoms with van der Waals surface area (Å²) < 4.78 is 0. The van der Waals surface area contributed by atoms with E-state index in [1.54, 1.807) is 6.07 Å². The first-order valence-corrected chi connectivity index (χ1v) is 9.25. The maximum Gasteiger partial charge on any atom is 0.275 e. The second kappa shape index (κ2) is 6.08. The molecular formula is C16H18N4O3S. The molecule has 0 bridgehead atoms. The number of nitro benzene ring substituents is 1. The lowest BCUT2D eigenvalue weighted by Crippen LogP contribution is -2.51. The molecule has 1 saturated heterocycles. The average molecular weight is 346 g/mol. The van der Waals surface area contributed by atoms with Crippen molar-refractivity contribution in [1.82, 2.24) is 15.1 Å². The average Bonchev–Trinajstić information content (AvgIpc) is 3.03. The van der Waals surface area contributed by atoms with Crippen LogP contribution in [0.5, 0.6) is 0 Å². The number of nitrogens with one attached hydrogen (secondary N) is 1. The van der Waals surface area contributed by atoms with Crippen LogP contribution in [0, 0.1) is 10.1 Å². The van der Waals surface area contributed by atoms with Gasteiger partial charge in [-0.3, -0.25) is 20.0 Å². The number of non-ortho nitro benzene ring substituents is 1. The number of hydrogen-bond donors (Lipinski definition) is 1. The van der Waals surface area contributed by atoms with E-state index in [1.165, 1.54) is 18.6 Å². The largest absolute Gasteiger partial charge is 0.332 e. The zero-order chi connectivity index (χ0) is 16.7. The van der Waals surface area contributed by atoms with Gasteiger partial charge in [-0.15, -0.1) is 0 Å². The van der Waals surface area contributed by atoms with Gasteiger partial charge in [0.15, 0.2) is 5.69 Å². The van der Waals surface area contributed by atoms with Gasteiger partial charge in [-0.05, 0) is 18.9 Å². The molecular weight excluding hydrogens is 328 g/mol. The summed E-state index contributed by atoms with van der Waals surface area (Å²) in [5.74, 6) is 0.828. The fourth-order valence-corrected chi connectivity index (χ4v) is 5.21. The predicted molar refractivity (Wildman–Crippen MR) is 92.3 cm³/mol. The van der Waals surface area contributed by atoms with Crippen LogP contribution in [0.2, 0.25) is 0 Å². The Bertz CT molecular complexity index is 804. The van der Waals surface area contributed by atoms with Crippen LogP contribution in [0.25, 0.3) is 10.9 Å². The molecule has 2 aromatic rings. The highest BCUT2D eigenvalue weighted by Gasteiger charge is 2.37. The lowest BCUT2D eigenvalue weighted by Gasteiger charge is -2.43. The van der Waals surface area contributed by atoms with Crippen molar-refractivity contribution < 1.29 is 9.72 Å². The van der Waals surface area contributed by atoms with Gasteiger partial charge < -0.3 is 4.90 Å². The molecule has 1 amide bonds. The standard InChI is InChI=1S/C16H18N4O3S/c21-16(19-7-8-24-14-4-2-1-3-13(14)19)15-11-9-10(20(22)23)5-6-12(11)17-18-15/h5-6,9,13-14H,1-4,7-8H2,(H,17,18)/t13-,14+/m1/s1. The van der Waals surface area contributed by atoms with Gasteiger partial charge in [0.2, 0.25) is 0 Å². The van der Waals surface area contributed by atoms with Crippen molar-refractivity contribution >= 4 is 34.3 Å². The van der Waals surface area contributed by atoms with E-state index in [2.05, 4.69) is 10.2 Å². The minimum atomic E-state index is -0.449. The normalized spacial score (nSPS) is 23.9. The minimum Gasteiger partial charge on any atom is -0.332 e. The van der Waals surface area contributed by atoms with Gasteiger partial charge in [0.25, 0.3) is 11.6 Å². The number of thioether (sulfide) groups is 1. The van der Waals surface area contributed by atoms with Crippen molar-refractivity contribution in [2.75, 3.05) is 12.3 Å². The Hall–Kier alpha value is -2.09. The Balaban J connectivity index is 1.69. The van der Waals surface area contributed by atoms with Gasteiger partial charge in [0.1, 0.15) is 0 Å². The van der Waals surface area contributed by atoms with Crippen LogP contribution in [-0.2, 0) is 0 Å². The summed E-state index contributed by atoms with van der Waals surface area (Å²) in [5, 5.41) is 19.0. The molecule has 1 aromatic heterocycles. The number of nitrogens with zero attached hydrogens (tertiary/aromatic N) is 3. The van der Waals surface area contributed by atoms with Crippen molar-refractivity contribution in [3.63, 3.8) is 0 Å². The number of carbonyl (C=O) groups is 1. The van der Waals surface area contributed by atoms with E-state index in [-0.39, 0.29) is 17.6 Å². The maximum atomic E-state index is 13.1. The van der Waals surface area contributed by atoms with E-state index < -0.39 is 4.92 Å². The van der Waals surface area contributed by atoms with Gasteiger partial charge in [-0.2, -0.15) is 16.9 Å². The molecule has 2 fully saturated rings. The molecule has 0 radical (unpaired) electrons. The van der Waals surface area contributed by atoms with E-state index in [1.807, 2.05) is 16.7 Å². The molecule has 0 spiro atoms. The third-order valence-corrected chi connectivity index (χ3v) is 6.35. The number of rotatable bonds is 2. The van der Waals surface area contributed by atoms with Crippen molar-refractivity contribution in [3.8, 4) is 0 Å². The smallest absolute Gasteiger partial charge is 0.275 e. The molecule has 1 aliphatic heterocycles. The van der Waals surface area contributed by atoms with E-state index >= 15 is 0 Å². The summed E-state index contributed by atoms with van der Waals surface area (Å²) in [6.07, 6.45) is 4.57. The number of benzene rings is 1. The first-order chi connectivity index (χ1) is 11.6. The predicted octanol–water partition coefficient (Wildman–Crippen LogP) is 2.97. The lowest BCUT2D eigenvalue weighted by atomic mass is 9.93. The van der Waals surface area contributed by atoms with Crippen molar-refractivity contribution in [3.05, 3.63) is 34.0 Å². The molecule has 7 nitrogen and oxygen atoms in total. The fraction of sp³-hybridized carbons (Fsp3) is 0.500. The summed E-state index contributed by atoms with van der Waals surface area (Å²) in [6, 6.07) is 4.72. The van der Waals surface area contributed by atoms with E-state index in [9.17, 15) is 14.9 Å². The highest BCUT2D eigenvalue weighted by molar-refractivity contribution is 8.00. The van der Waals surface area contributed by atoms with Crippen molar-refractivity contribution in [2.45, 2.75) is 37.0 Å². The summed E-state index contributed by atoms with van der Waals surface area (Å²) >= 11 is 1.96. The van der Waals surface area contributed by atoms with Gasteiger partial charge in [-0.1, -0.05) is 12.8 Å². The van der Waals surface area contributed by atoms with Crippen LogP contribution in [0.3, 0.4) is 0 Å². The van der Waals surface area contributed by atoms with Gasteiger partial charge >= 0.3 is 0 Å². The lowest BCUT2D eigenvalue weighted by molar-refractivity contribution is -0.384. The number of aromatic amines is 1. The van der Waals surface area contributed by atoms with Crippen LogP contribution in [0.15, 0.2) is 18.2 Å². The molecule has 2 aliphatic rings. The zero-order valence-electron chi connectivity index (χ0n) is 13.1. The summed E-state index contributed by atoms with van der Waals surface area (Å²) in [5.41, 5.74) is 0.920. The van der Waals surface area contributed by atoms with Gasteiger partial charge in [-0.25, -0.2) is 0 Å². The number of fused-ring (bicyclic) bond motifs is 2. The molecule has 4 rings (SSSR count). The molecule has 2 heterocycles. The third-order valence-electron chi connectivity index (χ3n) is 4.95. The van der Waals surface area contributed by atoms with E-state index in [0.29, 0.717) is 28.4 Å². The van der Waals surface area contributed by atoms with E-state index in [4.69, 9.17) is 0 Å². The first-order valence-electron chi connectivity index (χ1n) is 8.20. The molecule has 1 aromatic carbocycles. The number of amides is 1. The Labute approximate surface area is 142 Å². The highest BCUT2D eigenvalue weighted by Crippen LogP contribution is 2.36. The molecule has 24 heavy (non-hydrogen) atoms. The molecule has 2 atom stereocenters. The zero-order valence-corrected chi connectivity index (χ0v) is 13.9. The quantitative estimate of drug-likeness (QED) is 0.667. The second-order valence-electron chi connectivity index (χ2n) is 6.32. The van der Waals surface area contributed by atoms with E-state index in [0.717, 1.165) is 25.0 Å². The summed E-state index contributed by atoms with van der Waals surface area (Å²) in [4.78, 5) is 25.6. The molecule has 1 aliphatic carbocycles. The second-order valence-corrected chi connectivity index (χ2v) is 7.67. The van der Waals surface area contributed by atoms with Crippen LogP contribution in [0.4, 0.5) is 5.69 Å². The van der Waals surface area contributed by atoms with Crippen molar-refractivity contribution in [2.24, 2.45) is 0 Å². The molecule has 1 saturated carbocycles. The number of hydrogen-bond acceptors (Lipinski definition) is 5. The fourth-order valence-electron chi connectivity index (χ4n) is 3.76. The van der Waals surface area contributed by atoms with Crippen LogP contribution in [0.1, 0.15) is 36.2 Å². The SMILES string of the molecule is O=C(c1n[nH]c2ccc([N+](=O)[O-])cc12)N1CCS[C@H]2CCCC[C@H]21. The minimum absolute atomic E-state index is 0.0253. The maximum absolute atomic E-state index is 13.1. The Kier molecular flexibility index (Phi) is 3.91. The van der Waals surface area contributed by atoms with Crippen LogP contribution in [-0.4, -0.2) is 49.5 Å². The number of H-pyrrole nitrogens is 1. The Morgan fingerprint density at radius 1 is 1.38 bits per heavy atom. The topological polar surface area (TPSA) is 92.1 Å². The Morgan fingerprint density at radius 2 is 2.21 bits per heavy atom. The number of carbonyl (C=O) groups excluding carboxylic acids is 1. The summed E-state index contributed by atoms with van der Waals surface area (Å²) in [6.45, 7) is 0.716. The molecule has 0 unspecified atom stereocenters. The number of nitro groups is 1. The monoisotopic (exact) mass is 346 g/mol. The van der Waals surface area contributed by atoms with Crippen LogP contribution < -0.4 is 0 Å². The first kappa shape index (κ1) is 15.4. The van der Waals surface area contributed by atoms with Crippen LogP contribution >= 0.6 is 11.8 Å². The third kappa shape index (κ3) is 2.54. The molecule has 8 heteroatoms. The highest BCUT2D eigenvalue weighted by atomic mass is 32.2. The van der Waals surface area contributed by atoms with Gasteiger partial charge in [0, 0.05) is 41.1 Å². The summed E-state index contributed by atoms with van der Waals surface area (Å²) in [7, 11) is 0. The van der Waals surface area contributed by atoms with Crippen molar-refractivity contribution in [1.29, 1.82) is 0 Å². The number of aromatic nitrogens is 2. The van der Waals surface area contributed by atoms with Gasteiger partial charge in [0.05, 0.1) is 10.4 Å². The molecule has 126 valence electrons.